The third kappa shape index (κ3) is 22.0. The van der Waals surface area contributed by atoms with Crippen LogP contribution in [0.2, 0.25) is 0 Å². The number of benzene rings is 1. The van der Waals surface area contributed by atoms with E-state index in [1.54, 1.807) is 18.6 Å². The van der Waals surface area contributed by atoms with E-state index in [9.17, 15) is 4.79 Å². The van der Waals surface area contributed by atoms with Gasteiger partial charge >= 0.3 is 35.1 Å². The molecule has 1 amide bonds. The van der Waals surface area contributed by atoms with Gasteiger partial charge in [-0.25, -0.2) is 0 Å². The molecule has 3 aromatic heterocycles. The average molecular weight is 529 g/mol. The fourth-order valence-electron chi connectivity index (χ4n) is 1.66. The fraction of sp³-hybridized carbons (Fsp3) is 0.105. The van der Waals surface area contributed by atoms with Gasteiger partial charge in [-0.1, -0.05) is 30.3 Å². The largest absolute Gasteiger partial charge is 0.159 e. The molecule has 0 aliphatic rings. The molecule has 0 fully saturated rings. The predicted octanol–water partition coefficient (Wildman–Crippen LogP) is 3.50. The van der Waals surface area contributed by atoms with Crippen LogP contribution in [0.1, 0.15) is 11.3 Å². The quantitative estimate of drug-likeness (QED) is 0.132. The Morgan fingerprint density at radius 3 is 1.94 bits per heavy atom. The summed E-state index contributed by atoms with van der Waals surface area (Å²) in [7, 11) is 0. The van der Waals surface area contributed by atoms with Crippen molar-refractivity contribution in [3.63, 3.8) is 0 Å². The van der Waals surface area contributed by atoms with Crippen molar-refractivity contribution in [3.8, 4) is 0 Å². The summed E-state index contributed by atoms with van der Waals surface area (Å²) in [5, 5.41) is 15.5. The molecule has 0 aliphatic carbocycles. The molecule has 0 radical (unpaired) electrons. The maximum Gasteiger partial charge on any atom is 0.0496 e. The van der Waals surface area contributed by atoms with Crippen LogP contribution in [0.4, 0.5) is 0 Å². The number of primary amides is 1. The number of amides is 1. The molecule has 0 bridgehead atoms. The zero-order chi connectivity index (χ0) is 25.1. The second kappa shape index (κ2) is 23.0. The summed E-state index contributed by atoms with van der Waals surface area (Å²) in [6.45, 7) is 2.03. The second-order valence-corrected chi connectivity index (χ2v) is 6.76. The Balaban J connectivity index is 0.000000409. The van der Waals surface area contributed by atoms with Gasteiger partial charge in [-0.2, -0.15) is 10.2 Å². The van der Waals surface area contributed by atoms with Gasteiger partial charge in [0.25, 0.3) is 0 Å². The minimum Gasteiger partial charge on any atom is -0.159 e. The SMILES string of the molecule is Cc1ccc[nH]1.NC(=O)Cc1ccccc1.[N-]=[N+]=NON=[N+]=[N-].c1c[se]nn1.c1ccnnc1. The summed E-state index contributed by atoms with van der Waals surface area (Å²) < 4.78 is 3.66. The van der Waals surface area contributed by atoms with Crippen LogP contribution in [-0.2, 0) is 16.2 Å². The van der Waals surface area contributed by atoms with Crippen molar-refractivity contribution < 1.29 is 9.73 Å². The van der Waals surface area contributed by atoms with E-state index in [0.717, 1.165) is 5.56 Å². The van der Waals surface area contributed by atoms with Gasteiger partial charge in [0.15, 0.2) is 0 Å². The molecule has 1 aromatic carbocycles. The van der Waals surface area contributed by atoms with Gasteiger partial charge in [0.2, 0.25) is 5.91 Å². The number of aryl methyl sites for hydroxylation is 1. The number of carbonyl (C=O) groups is 1. The number of nitrogens with two attached hydrogens (primary N) is 1. The number of carbonyl (C=O) groups excluding carboxylic acids is 1. The van der Waals surface area contributed by atoms with E-state index in [1.807, 2.05) is 72.7 Å². The van der Waals surface area contributed by atoms with Crippen LogP contribution in [0.15, 0.2) is 94.9 Å². The van der Waals surface area contributed by atoms with Crippen LogP contribution in [0, 0.1) is 6.92 Å². The number of rotatable bonds is 4. The molecule has 0 spiro atoms. The van der Waals surface area contributed by atoms with Crippen LogP contribution < -0.4 is 5.73 Å². The topological polar surface area (TPSA) is 217 Å². The Morgan fingerprint density at radius 2 is 1.65 bits per heavy atom. The summed E-state index contributed by atoms with van der Waals surface area (Å²) in [6, 6.07) is 17.1. The van der Waals surface area contributed by atoms with Crippen molar-refractivity contribution in [1.82, 2.24) is 24.4 Å². The first-order valence-corrected chi connectivity index (χ1v) is 11.0. The van der Waals surface area contributed by atoms with Crippen LogP contribution in [-0.4, -0.2) is 45.0 Å². The number of hydrogen-bond donors (Lipinski definition) is 2. The molecule has 0 saturated heterocycles. The zero-order valence-corrected chi connectivity index (χ0v) is 19.8. The van der Waals surface area contributed by atoms with Gasteiger partial charge < -0.3 is 15.7 Å². The molecular formula is C19H22N12O2Se. The first-order valence-electron chi connectivity index (χ1n) is 9.20. The standard InChI is InChI=1S/C8H9NO.C5H7N.C4H4N2.C2H2N2Se.N6O/c9-8(10)6-7-4-2-1-3-5-7;1-5-3-2-4-6-5;1-2-4-6-5-3-1;1-2-5-4-3-1;1-3-5-7-6-4-2/h1-5H,6H2,(H2,9,10);2-4,6H,1H3;1-4H;1-2H;. The molecule has 3 heterocycles. The number of aromatic amines is 1. The molecule has 34 heavy (non-hydrogen) atoms. The van der Waals surface area contributed by atoms with Crippen molar-refractivity contribution in [2.24, 2.45) is 16.3 Å². The monoisotopic (exact) mass is 530 g/mol. The third-order valence-electron chi connectivity index (χ3n) is 2.89. The smallest absolute Gasteiger partial charge is 0.0496 e. The molecule has 0 atom stereocenters. The summed E-state index contributed by atoms with van der Waals surface area (Å²) in [5.74, 6) is -0.286. The van der Waals surface area contributed by atoms with E-state index in [2.05, 4.69) is 49.7 Å². The van der Waals surface area contributed by atoms with Crippen molar-refractivity contribution in [2.75, 3.05) is 0 Å². The van der Waals surface area contributed by atoms with E-state index in [-0.39, 0.29) is 5.91 Å². The maximum absolute atomic E-state index is 10.4. The zero-order valence-electron chi connectivity index (χ0n) is 18.1. The molecule has 15 heteroatoms. The summed E-state index contributed by atoms with van der Waals surface area (Å²) >= 11 is 0.347. The molecule has 4 rings (SSSR count). The van der Waals surface area contributed by atoms with Crippen molar-refractivity contribution in [1.29, 1.82) is 0 Å². The maximum atomic E-state index is 10.4. The van der Waals surface area contributed by atoms with Crippen molar-refractivity contribution in [2.45, 2.75) is 13.3 Å². The van der Waals surface area contributed by atoms with Gasteiger partial charge in [0.05, 0.1) is 6.42 Å². The van der Waals surface area contributed by atoms with Gasteiger partial charge in [0, 0.05) is 34.1 Å². The first kappa shape index (κ1) is 29.3. The fourth-order valence-corrected chi connectivity index (χ4v) is 2.23. The minimum atomic E-state index is -0.286. The number of nitrogens with zero attached hydrogens (tertiary/aromatic N) is 10. The van der Waals surface area contributed by atoms with Crippen molar-refractivity contribution in [3.05, 3.63) is 116 Å². The van der Waals surface area contributed by atoms with Crippen LogP contribution in [0.25, 0.3) is 20.9 Å². The molecule has 14 nitrogen and oxygen atoms in total. The third-order valence-corrected chi connectivity index (χ3v) is 3.79. The van der Waals surface area contributed by atoms with Crippen LogP contribution in [0.3, 0.4) is 0 Å². The second-order valence-electron chi connectivity index (χ2n) is 5.41. The van der Waals surface area contributed by atoms with Crippen LogP contribution in [0.5, 0.6) is 0 Å². The molecule has 0 unspecified atom stereocenters. The number of H-pyrrole nitrogens is 1. The van der Waals surface area contributed by atoms with Gasteiger partial charge in [-0.05, 0) is 47.8 Å². The predicted molar refractivity (Wildman–Crippen MR) is 125 cm³/mol. The molecule has 4 aromatic rings. The van der Waals surface area contributed by atoms with E-state index < -0.39 is 0 Å². The summed E-state index contributed by atoms with van der Waals surface area (Å²) in [6.07, 6.45) is 7.25. The molecule has 3 N–H and O–H groups in total. The molecule has 176 valence electrons. The number of azide groups is 1. The molecule has 0 saturated carbocycles. The summed E-state index contributed by atoms with van der Waals surface area (Å²) in [4.78, 5) is 23.1. The van der Waals surface area contributed by atoms with Crippen molar-refractivity contribution >= 4 is 20.6 Å². The number of nitrogens with one attached hydrogen (secondary N) is 1. The average Bonchev–Trinajstić information content (AvgIpc) is 3.59. The Kier molecular flexibility index (Phi) is 19.8. The van der Waals surface area contributed by atoms with Gasteiger partial charge in [0.1, 0.15) is 10.6 Å². The van der Waals surface area contributed by atoms with Crippen LogP contribution >= 0.6 is 0 Å². The van der Waals surface area contributed by atoms with Gasteiger partial charge in [-0.15, -0.1) is 0 Å². The Labute approximate surface area is 201 Å². The van der Waals surface area contributed by atoms with Gasteiger partial charge in [-0.3, -0.25) is 4.79 Å². The number of aromatic nitrogens is 5. The van der Waals surface area contributed by atoms with E-state index >= 15 is 0 Å². The summed E-state index contributed by atoms with van der Waals surface area (Å²) in [5.41, 5.74) is 22.1. The Morgan fingerprint density at radius 1 is 1.00 bits per heavy atom. The number of hydrogen-bond acceptors (Lipinski definition) is 8. The van der Waals surface area contributed by atoms with E-state index in [1.165, 1.54) is 5.69 Å². The Bertz CT molecular complexity index is 991. The van der Waals surface area contributed by atoms with E-state index in [0.29, 0.717) is 21.2 Å². The minimum absolute atomic E-state index is 0.286. The first-order chi connectivity index (χ1) is 16.6. The molecule has 0 aliphatic heterocycles. The molecular weight excluding hydrogens is 507 g/mol. The Hall–Kier alpha value is -4.67. The van der Waals surface area contributed by atoms with E-state index in [4.69, 9.17) is 16.8 Å². The normalized spacial score (nSPS) is 7.91.